The normalized spacial score (nSPS) is 10.5. The first-order chi connectivity index (χ1) is 14.3. The third kappa shape index (κ3) is 4.03. The number of benzene rings is 2. The molecule has 0 fully saturated rings. The molecule has 7 heteroatoms. The number of nitrogen functional groups attached to an aromatic ring is 1. The zero-order valence-electron chi connectivity index (χ0n) is 16.9. The van der Waals surface area contributed by atoms with Crippen LogP contribution in [0.5, 0.6) is 0 Å². The summed E-state index contributed by atoms with van der Waals surface area (Å²) in [5.41, 5.74) is 9.17. The van der Waals surface area contributed by atoms with Gasteiger partial charge in [0.1, 0.15) is 6.07 Å². The van der Waals surface area contributed by atoms with Crippen molar-refractivity contribution in [2.24, 2.45) is 0 Å². The summed E-state index contributed by atoms with van der Waals surface area (Å²) in [5.74, 6) is -1.01. The van der Waals surface area contributed by atoms with Crippen LogP contribution in [-0.2, 0) is 9.47 Å². The highest BCUT2D eigenvalue weighted by atomic mass is 16.5. The standard InChI is InChI=1S/C23H21N3O4/c1-14(2)30-22(27)16-9-7-15(8-10-16)17-5-4-6-19(11-17)26-13-18(12-24)20(25)21(26)23(28)29-3/h4-11,13-14H,25H2,1-3H3. The number of aromatic nitrogens is 1. The van der Waals surface area contributed by atoms with Gasteiger partial charge in [-0.05, 0) is 49.2 Å². The smallest absolute Gasteiger partial charge is 0.357 e. The van der Waals surface area contributed by atoms with Crippen molar-refractivity contribution in [1.82, 2.24) is 4.57 Å². The van der Waals surface area contributed by atoms with E-state index in [0.717, 1.165) is 11.1 Å². The van der Waals surface area contributed by atoms with Crippen molar-refractivity contribution in [3.63, 3.8) is 0 Å². The Morgan fingerprint density at radius 3 is 2.37 bits per heavy atom. The number of carbonyl (C=O) groups is 2. The molecule has 152 valence electrons. The number of esters is 2. The molecule has 0 atom stereocenters. The molecule has 0 aliphatic heterocycles. The van der Waals surface area contributed by atoms with Crippen LogP contribution in [0.2, 0.25) is 0 Å². The number of nitrogens with zero attached hydrogens (tertiary/aromatic N) is 2. The van der Waals surface area contributed by atoms with Gasteiger partial charge in [-0.25, -0.2) is 9.59 Å². The second-order valence-electron chi connectivity index (χ2n) is 6.86. The van der Waals surface area contributed by atoms with Crippen LogP contribution in [0.4, 0.5) is 5.69 Å². The molecule has 0 amide bonds. The molecule has 1 heterocycles. The number of rotatable bonds is 5. The largest absolute Gasteiger partial charge is 0.464 e. The second kappa shape index (κ2) is 8.53. The molecule has 0 radical (unpaired) electrons. The first-order valence-electron chi connectivity index (χ1n) is 9.26. The van der Waals surface area contributed by atoms with Crippen LogP contribution < -0.4 is 5.73 Å². The Bertz CT molecular complexity index is 1140. The number of methoxy groups -OCH3 is 1. The van der Waals surface area contributed by atoms with Gasteiger partial charge in [0.15, 0.2) is 5.69 Å². The highest BCUT2D eigenvalue weighted by Crippen LogP contribution is 2.28. The minimum absolute atomic E-state index is 0.0720. The molecule has 0 spiro atoms. The molecule has 1 aromatic heterocycles. The molecule has 0 bridgehead atoms. The molecule has 0 aliphatic rings. The summed E-state index contributed by atoms with van der Waals surface area (Å²) in [6, 6.07) is 16.4. The lowest BCUT2D eigenvalue weighted by Crippen LogP contribution is -2.11. The van der Waals surface area contributed by atoms with Gasteiger partial charge in [0.05, 0.1) is 30.0 Å². The maximum Gasteiger partial charge on any atom is 0.357 e. The molecule has 0 saturated heterocycles. The number of nitrogens with two attached hydrogens (primary N) is 1. The van der Waals surface area contributed by atoms with E-state index in [1.165, 1.54) is 17.9 Å². The molecule has 0 unspecified atom stereocenters. The fraction of sp³-hybridized carbons (Fsp3) is 0.174. The summed E-state index contributed by atoms with van der Waals surface area (Å²) < 4.78 is 11.6. The zero-order chi connectivity index (χ0) is 21.8. The van der Waals surface area contributed by atoms with Crippen LogP contribution in [-0.4, -0.2) is 29.7 Å². The van der Waals surface area contributed by atoms with E-state index in [4.69, 9.17) is 15.2 Å². The van der Waals surface area contributed by atoms with Crippen LogP contribution in [0, 0.1) is 11.3 Å². The molecular weight excluding hydrogens is 382 g/mol. The first-order valence-corrected chi connectivity index (χ1v) is 9.26. The lowest BCUT2D eigenvalue weighted by Gasteiger charge is -2.11. The third-order valence-corrected chi connectivity index (χ3v) is 4.46. The Labute approximate surface area is 174 Å². The van der Waals surface area contributed by atoms with Gasteiger partial charge in [0.25, 0.3) is 0 Å². The predicted molar refractivity (Wildman–Crippen MR) is 112 cm³/mol. The van der Waals surface area contributed by atoms with E-state index in [0.29, 0.717) is 11.3 Å². The number of carbonyl (C=O) groups excluding carboxylic acids is 2. The van der Waals surface area contributed by atoms with Crippen LogP contribution in [0.3, 0.4) is 0 Å². The number of ether oxygens (including phenoxy) is 2. The van der Waals surface area contributed by atoms with Gasteiger partial charge in [0.2, 0.25) is 0 Å². The fourth-order valence-electron chi connectivity index (χ4n) is 3.03. The molecule has 3 aromatic rings. The van der Waals surface area contributed by atoms with Gasteiger partial charge in [-0.2, -0.15) is 5.26 Å². The summed E-state index contributed by atoms with van der Waals surface area (Å²) in [6.07, 6.45) is 1.32. The van der Waals surface area contributed by atoms with E-state index in [9.17, 15) is 14.9 Å². The summed E-state index contributed by atoms with van der Waals surface area (Å²) in [5, 5.41) is 9.28. The van der Waals surface area contributed by atoms with Crippen LogP contribution in [0.25, 0.3) is 16.8 Å². The molecule has 0 aliphatic carbocycles. The van der Waals surface area contributed by atoms with Crippen molar-refractivity contribution in [2.45, 2.75) is 20.0 Å². The van der Waals surface area contributed by atoms with Crippen molar-refractivity contribution in [3.05, 3.63) is 71.5 Å². The van der Waals surface area contributed by atoms with E-state index < -0.39 is 5.97 Å². The molecule has 0 saturated carbocycles. The summed E-state index contributed by atoms with van der Waals surface area (Å²) in [6.45, 7) is 3.60. The van der Waals surface area contributed by atoms with Gasteiger partial charge in [0, 0.05) is 11.9 Å². The molecule has 30 heavy (non-hydrogen) atoms. The predicted octanol–water partition coefficient (Wildman–Crippen LogP) is 3.95. The van der Waals surface area contributed by atoms with E-state index in [2.05, 4.69) is 0 Å². The van der Waals surface area contributed by atoms with E-state index in [1.807, 2.05) is 36.4 Å². The van der Waals surface area contributed by atoms with Crippen molar-refractivity contribution >= 4 is 17.6 Å². The monoisotopic (exact) mass is 403 g/mol. The van der Waals surface area contributed by atoms with E-state index >= 15 is 0 Å². The number of hydrogen-bond acceptors (Lipinski definition) is 6. The minimum Gasteiger partial charge on any atom is -0.464 e. The first kappa shape index (κ1) is 20.7. The Balaban J connectivity index is 1.99. The van der Waals surface area contributed by atoms with Crippen LogP contribution in [0.1, 0.15) is 40.3 Å². The minimum atomic E-state index is -0.632. The highest BCUT2D eigenvalue weighted by Gasteiger charge is 2.21. The Morgan fingerprint density at radius 1 is 1.07 bits per heavy atom. The zero-order valence-corrected chi connectivity index (χ0v) is 16.9. The molecule has 7 nitrogen and oxygen atoms in total. The Kier molecular flexibility index (Phi) is 5.88. The summed E-state index contributed by atoms with van der Waals surface area (Å²) in [7, 11) is 1.26. The average Bonchev–Trinajstić information content (AvgIpc) is 3.09. The number of nitriles is 1. The number of anilines is 1. The topological polar surface area (TPSA) is 107 Å². The van der Waals surface area contributed by atoms with Crippen molar-refractivity contribution in [2.75, 3.05) is 12.8 Å². The maximum absolute atomic E-state index is 12.2. The average molecular weight is 403 g/mol. The van der Waals surface area contributed by atoms with Crippen LogP contribution in [0.15, 0.2) is 54.7 Å². The maximum atomic E-state index is 12.2. The van der Waals surface area contributed by atoms with E-state index in [1.54, 1.807) is 32.0 Å². The van der Waals surface area contributed by atoms with Crippen molar-refractivity contribution < 1.29 is 19.1 Å². The molecule has 2 N–H and O–H groups in total. The summed E-state index contributed by atoms with van der Waals surface area (Å²) in [4.78, 5) is 24.2. The molecule has 2 aromatic carbocycles. The van der Waals surface area contributed by atoms with Crippen molar-refractivity contribution in [1.29, 1.82) is 5.26 Å². The van der Waals surface area contributed by atoms with E-state index in [-0.39, 0.29) is 29.0 Å². The lowest BCUT2D eigenvalue weighted by atomic mass is 10.0. The highest BCUT2D eigenvalue weighted by molar-refractivity contribution is 5.96. The molecular formula is C23H21N3O4. The molecule has 3 rings (SSSR count). The van der Waals surface area contributed by atoms with Crippen molar-refractivity contribution in [3.8, 4) is 22.9 Å². The Morgan fingerprint density at radius 2 is 1.77 bits per heavy atom. The second-order valence-corrected chi connectivity index (χ2v) is 6.86. The van der Waals surface area contributed by atoms with Gasteiger partial charge in [-0.15, -0.1) is 0 Å². The van der Waals surface area contributed by atoms with Gasteiger partial charge < -0.3 is 19.8 Å². The Hall–Kier alpha value is -4.05. The fourth-order valence-corrected chi connectivity index (χ4v) is 3.03. The van der Waals surface area contributed by atoms with Gasteiger partial charge >= 0.3 is 11.9 Å². The third-order valence-electron chi connectivity index (χ3n) is 4.46. The lowest BCUT2D eigenvalue weighted by molar-refractivity contribution is 0.0377. The van der Waals surface area contributed by atoms with Crippen LogP contribution >= 0.6 is 0 Å². The summed E-state index contributed by atoms with van der Waals surface area (Å²) >= 11 is 0. The SMILES string of the molecule is COC(=O)c1c(N)c(C#N)cn1-c1cccc(-c2ccc(C(=O)OC(C)C)cc2)c1. The quantitative estimate of drug-likeness (QED) is 0.646. The van der Waals surface area contributed by atoms with Gasteiger partial charge in [-0.3, -0.25) is 0 Å². The van der Waals surface area contributed by atoms with Gasteiger partial charge in [-0.1, -0.05) is 24.3 Å². The number of hydrogen-bond donors (Lipinski definition) is 1.